The number of amides is 5. The van der Waals surface area contributed by atoms with E-state index in [9.17, 15) is 45.6 Å². The second-order valence-electron chi connectivity index (χ2n) is 15.7. The Morgan fingerprint density at radius 2 is 1.69 bits per heavy atom. The van der Waals surface area contributed by atoms with Crippen molar-refractivity contribution in [3.8, 4) is 0 Å². The lowest BCUT2D eigenvalue weighted by atomic mass is 9.85. The molecule has 0 aromatic heterocycles. The molecule has 4 aliphatic rings. The maximum Gasteiger partial charge on any atom is 0.410 e. The third-order valence-corrected chi connectivity index (χ3v) is 11.2. The highest BCUT2D eigenvalue weighted by Crippen LogP contribution is 2.48. The van der Waals surface area contributed by atoms with Gasteiger partial charge in [0.1, 0.15) is 35.1 Å². The van der Waals surface area contributed by atoms with Crippen molar-refractivity contribution in [2.24, 2.45) is 11.3 Å². The Kier molecular flexibility index (Phi) is 10.1. The van der Waals surface area contributed by atoms with Crippen LogP contribution in [-0.2, 0) is 47.0 Å². The van der Waals surface area contributed by atoms with Crippen LogP contribution in [0.4, 0.5) is 22.8 Å². The molecule has 5 rings (SSSR count). The van der Waals surface area contributed by atoms with Gasteiger partial charge >= 0.3 is 12.2 Å². The minimum Gasteiger partial charge on any atom is -0.444 e. The molecule has 18 heteroatoms. The molecule has 0 radical (unpaired) electrons. The van der Waals surface area contributed by atoms with E-state index in [1.54, 1.807) is 47.6 Å². The fourth-order valence-corrected chi connectivity index (χ4v) is 7.74. The molecule has 5 atom stereocenters. The van der Waals surface area contributed by atoms with Crippen LogP contribution in [0.25, 0.3) is 0 Å². The number of carbonyl (C=O) groups is 5. The summed E-state index contributed by atoms with van der Waals surface area (Å²) < 4.78 is 80.2. The molecule has 14 nitrogen and oxygen atoms in total. The maximum absolute atomic E-state index is 14.4. The van der Waals surface area contributed by atoms with Crippen LogP contribution >= 0.6 is 0 Å². The minimum atomic E-state index is -4.16. The molecule has 3 N–H and O–H groups in total. The van der Waals surface area contributed by atoms with E-state index >= 15 is 0 Å². The van der Waals surface area contributed by atoms with Crippen LogP contribution in [-0.4, -0.2) is 95.7 Å². The number of benzene rings is 1. The number of alkyl carbamates (subject to hydrolysis) is 1. The zero-order chi connectivity index (χ0) is 37.8. The first-order valence-corrected chi connectivity index (χ1v) is 18.2. The van der Waals surface area contributed by atoms with Gasteiger partial charge in [-0.2, -0.15) is 0 Å². The molecule has 3 fully saturated rings. The number of ether oxygens (including phenoxy) is 2. The van der Waals surface area contributed by atoms with Gasteiger partial charge in [0.05, 0.1) is 24.3 Å². The monoisotopic (exact) mass is 743 g/mol. The van der Waals surface area contributed by atoms with Gasteiger partial charge in [-0.3, -0.25) is 24.0 Å². The molecule has 0 bridgehead atoms. The predicted octanol–water partition coefficient (Wildman–Crippen LogP) is 2.94. The van der Waals surface area contributed by atoms with Gasteiger partial charge < -0.3 is 25.0 Å². The molecule has 0 spiro atoms. The first-order valence-electron chi connectivity index (χ1n) is 16.7. The summed E-state index contributed by atoms with van der Waals surface area (Å²) in [6.45, 7) is 9.42. The zero-order valence-corrected chi connectivity index (χ0v) is 30.1. The molecule has 1 aromatic rings. The summed E-state index contributed by atoms with van der Waals surface area (Å²) in [5.74, 6) is -5.37. The summed E-state index contributed by atoms with van der Waals surface area (Å²) in [4.78, 5) is 69.8. The standard InChI is InChI=1S/C33H44F3N5O9S/c1-31(2,3)24(37-29(45)50-32(4,5)6)27(43)41-15-18(49-30(46)40-14-17-8-7-9-22(34)20(17)16-40)12-23(41)26(42)38-33(13-21(33)25(35)36)28(44)39-51(47,48)19-10-11-19/h7-9,18-19,21,23-25H,10-16H2,1-6H3,(H,37,45)(H,38,42)(H,39,44)/t18-,21+,23+,24-,33-/m1/s1. The summed E-state index contributed by atoms with van der Waals surface area (Å²) in [6, 6.07) is 1.64. The average Bonchev–Trinajstić information content (AvgIpc) is 3.89. The molecular formula is C33H44F3N5O9S. The van der Waals surface area contributed by atoms with E-state index in [-0.39, 0.29) is 26.1 Å². The molecule has 1 saturated heterocycles. The number of hydrogen-bond acceptors (Lipinski definition) is 9. The predicted molar refractivity (Wildman–Crippen MR) is 174 cm³/mol. The van der Waals surface area contributed by atoms with Crippen LogP contribution in [0.2, 0.25) is 0 Å². The Bertz CT molecular complexity index is 1710. The Morgan fingerprint density at radius 3 is 2.24 bits per heavy atom. The number of rotatable bonds is 9. The van der Waals surface area contributed by atoms with Crippen LogP contribution in [0.5, 0.6) is 0 Å². The van der Waals surface area contributed by atoms with Crippen molar-refractivity contribution < 1.29 is 55.0 Å². The zero-order valence-electron chi connectivity index (χ0n) is 29.3. The van der Waals surface area contributed by atoms with Crippen LogP contribution in [0.3, 0.4) is 0 Å². The molecule has 2 saturated carbocycles. The van der Waals surface area contributed by atoms with Gasteiger partial charge in [0.2, 0.25) is 28.3 Å². The molecule has 51 heavy (non-hydrogen) atoms. The van der Waals surface area contributed by atoms with Crippen LogP contribution in [0.15, 0.2) is 18.2 Å². The number of halogens is 3. The number of likely N-dealkylation sites (tertiary alicyclic amines) is 1. The number of fused-ring (bicyclic) bond motifs is 1. The number of carbonyl (C=O) groups excluding carboxylic acids is 5. The van der Waals surface area contributed by atoms with E-state index in [0.29, 0.717) is 24.0 Å². The van der Waals surface area contributed by atoms with Crippen molar-refractivity contribution in [1.82, 2.24) is 25.2 Å². The average molecular weight is 744 g/mol. The van der Waals surface area contributed by atoms with Crippen molar-refractivity contribution in [3.63, 3.8) is 0 Å². The van der Waals surface area contributed by atoms with Crippen LogP contribution in [0.1, 0.15) is 78.4 Å². The molecule has 2 heterocycles. The smallest absolute Gasteiger partial charge is 0.410 e. The molecule has 282 valence electrons. The Labute approximate surface area is 294 Å². The second kappa shape index (κ2) is 13.5. The van der Waals surface area contributed by atoms with Crippen LogP contribution < -0.4 is 15.4 Å². The fraction of sp³-hybridized carbons (Fsp3) is 0.667. The van der Waals surface area contributed by atoms with Gasteiger partial charge in [-0.05, 0) is 57.1 Å². The molecule has 5 amide bonds. The first-order chi connectivity index (χ1) is 23.5. The second-order valence-corrected chi connectivity index (χ2v) is 17.7. The highest BCUT2D eigenvalue weighted by Gasteiger charge is 2.67. The van der Waals surface area contributed by atoms with Gasteiger partial charge in [-0.15, -0.1) is 0 Å². The van der Waals surface area contributed by atoms with E-state index in [1.165, 1.54) is 17.0 Å². The Morgan fingerprint density at radius 1 is 1.02 bits per heavy atom. The lowest BCUT2D eigenvalue weighted by Crippen LogP contribution is -2.60. The lowest BCUT2D eigenvalue weighted by molar-refractivity contribution is -0.143. The normalized spacial score (nSPS) is 25.2. The van der Waals surface area contributed by atoms with Crippen LogP contribution in [0, 0.1) is 17.2 Å². The first kappa shape index (κ1) is 38.1. The van der Waals surface area contributed by atoms with E-state index in [1.807, 2.05) is 4.72 Å². The molecule has 2 aliphatic carbocycles. The van der Waals surface area contributed by atoms with Crippen molar-refractivity contribution in [1.29, 1.82) is 0 Å². The van der Waals surface area contributed by atoms with Gasteiger partial charge in [0, 0.05) is 18.5 Å². The number of hydrogen-bond donors (Lipinski definition) is 3. The Hall–Kier alpha value is -4.09. The third kappa shape index (κ3) is 8.36. The summed E-state index contributed by atoms with van der Waals surface area (Å²) in [5.41, 5.74) is -3.26. The number of nitrogens with one attached hydrogen (secondary N) is 3. The maximum atomic E-state index is 14.4. The van der Waals surface area contributed by atoms with Gasteiger partial charge in [-0.25, -0.2) is 31.2 Å². The summed E-state index contributed by atoms with van der Waals surface area (Å²) in [6.07, 6.45) is -6.30. The van der Waals surface area contributed by atoms with E-state index in [0.717, 1.165) is 4.90 Å². The van der Waals surface area contributed by atoms with E-state index < -0.39 is 105 Å². The van der Waals surface area contributed by atoms with Crippen molar-refractivity contribution >= 4 is 39.9 Å². The number of nitrogens with zero attached hydrogens (tertiary/aromatic N) is 2. The van der Waals surface area contributed by atoms with Crippen molar-refractivity contribution in [2.75, 3.05) is 6.54 Å². The topological polar surface area (TPSA) is 181 Å². The quantitative estimate of drug-likeness (QED) is 0.343. The summed E-state index contributed by atoms with van der Waals surface area (Å²) in [7, 11) is -4.16. The molecule has 0 unspecified atom stereocenters. The van der Waals surface area contributed by atoms with Crippen molar-refractivity contribution in [3.05, 3.63) is 35.1 Å². The largest absolute Gasteiger partial charge is 0.444 e. The summed E-state index contributed by atoms with van der Waals surface area (Å²) >= 11 is 0. The summed E-state index contributed by atoms with van der Waals surface area (Å²) in [5, 5.41) is 4.01. The van der Waals surface area contributed by atoms with Crippen molar-refractivity contribution in [2.45, 2.75) is 121 Å². The van der Waals surface area contributed by atoms with Gasteiger partial charge in [0.25, 0.3) is 5.91 Å². The number of alkyl halides is 2. The van der Waals surface area contributed by atoms with E-state index in [4.69, 9.17) is 9.47 Å². The Balaban J connectivity index is 1.39. The third-order valence-electron chi connectivity index (χ3n) is 9.34. The lowest BCUT2D eigenvalue weighted by Gasteiger charge is -2.36. The molecule has 2 aliphatic heterocycles. The molecular weight excluding hydrogens is 699 g/mol. The highest BCUT2D eigenvalue weighted by atomic mass is 32.2. The minimum absolute atomic E-state index is 0.0491. The molecule has 1 aromatic carbocycles. The fourth-order valence-electron chi connectivity index (χ4n) is 6.38. The number of sulfonamides is 1. The van der Waals surface area contributed by atoms with E-state index in [2.05, 4.69) is 10.6 Å². The van der Waals surface area contributed by atoms with Gasteiger partial charge in [-0.1, -0.05) is 32.9 Å². The van der Waals surface area contributed by atoms with Gasteiger partial charge in [0.15, 0.2) is 0 Å². The SMILES string of the molecule is CC(C)(C)OC(=O)N[C@H](C(=O)N1C[C@H](OC(=O)N2Cc3cccc(F)c3C2)C[C@H]1C(=O)N[C@]1(C(=O)NS(=O)(=O)C2CC2)C[C@H]1C(F)F)C(C)(C)C. The highest BCUT2D eigenvalue weighted by molar-refractivity contribution is 7.91.